The van der Waals surface area contributed by atoms with E-state index in [0.29, 0.717) is 0 Å². The van der Waals surface area contributed by atoms with Crippen LogP contribution in [0.15, 0.2) is 0 Å². The van der Waals surface area contributed by atoms with Crippen LogP contribution in [0, 0.1) is 0 Å². The summed E-state index contributed by atoms with van der Waals surface area (Å²) in [5.74, 6) is 0. The summed E-state index contributed by atoms with van der Waals surface area (Å²) in [6.45, 7) is -0.610. The maximum atomic E-state index is 10.7. The van der Waals surface area contributed by atoms with Crippen LogP contribution in [0.4, 0.5) is 0 Å². The zero-order valence-electron chi connectivity index (χ0n) is 22.3. The third kappa shape index (κ3) is 6.74. The van der Waals surface area contributed by atoms with E-state index in [1.54, 1.807) is 0 Å². The van der Waals surface area contributed by atoms with E-state index in [-0.39, 0.29) is 0 Å². The molecule has 0 amide bonds. The van der Waals surface area contributed by atoms with E-state index >= 15 is 0 Å². The van der Waals surface area contributed by atoms with E-state index < -0.39 is 137 Å². The SMILES string of the molecule is C[C@@H]1O[C@H](O)[C@H](O)[C@H](O)[C@H]1O[C@@H]1OC[C@@H](O[C@H]2O[C@@H](CO)[C@H](O[C@@H]3O[C@H](CO)[C@H](O)[C@H](O)[C@@H]3O)[C@@H](O)[C@@H]2O)[C@H](O)[C@@H]1O. The van der Waals surface area contributed by atoms with Crippen molar-refractivity contribution in [3.05, 3.63) is 0 Å². The molecule has 4 aliphatic rings. The Bertz CT molecular complexity index is 851. The highest BCUT2D eigenvalue weighted by atomic mass is 16.8. The lowest BCUT2D eigenvalue weighted by atomic mass is 9.96. The topological polar surface area (TPSA) is 307 Å². The van der Waals surface area contributed by atoms with Crippen LogP contribution in [0.1, 0.15) is 6.92 Å². The lowest BCUT2D eigenvalue weighted by Gasteiger charge is -2.47. The zero-order valence-corrected chi connectivity index (χ0v) is 22.3. The van der Waals surface area contributed by atoms with Crippen LogP contribution in [0.3, 0.4) is 0 Å². The Labute approximate surface area is 238 Å². The lowest BCUT2D eigenvalue weighted by Crippen LogP contribution is -2.66. The van der Waals surface area contributed by atoms with Crippen molar-refractivity contribution >= 4 is 0 Å². The molecule has 0 aromatic heterocycles. The molecule has 0 bridgehead atoms. The normalized spacial score (nSPS) is 54.1. The highest BCUT2D eigenvalue weighted by molar-refractivity contribution is 4.95. The summed E-state index contributed by atoms with van der Waals surface area (Å²) in [5.41, 5.74) is 0. The van der Waals surface area contributed by atoms with Crippen LogP contribution in [0.25, 0.3) is 0 Å². The molecule has 0 saturated carbocycles. The van der Waals surface area contributed by atoms with Crippen molar-refractivity contribution in [2.75, 3.05) is 19.8 Å². The molecule has 42 heavy (non-hydrogen) atoms. The number of aliphatic hydroxyl groups excluding tert-OH is 12. The fourth-order valence-electron chi connectivity index (χ4n) is 5.21. The van der Waals surface area contributed by atoms with Crippen LogP contribution < -0.4 is 0 Å². The maximum absolute atomic E-state index is 10.7. The molecule has 0 aromatic rings. The van der Waals surface area contributed by atoms with Crippen molar-refractivity contribution in [3.63, 3.8) is 0 Å². The molecule has 0 spiro atoms. The van der Waals surface area contributed by atoms with E-state index in [1.165, 1.54) is 6.92 Å². The molecule has 4 heterocycles. The predicted octanol–water partition coefficient (Wildman–Crippen LogP) is -8.08. The highest BCUT2D eigenvalue weighted by Gasteiger charge is 2.53. The Morgan fingerprint density at radius 3 is 1.69 bits per heavy atom. The van der Waals surface area contributed by atoms with Gasteiger partial charge in [0.1, 0.15) is 85.5 Å². The Balaban J connectivity index is 1.36. The van der Waals surface area contributed by atoms with E-state index in [9.17, 15) is 61.3 Å². The molecule has 19 nitrogen and oxygen atoms in total. The summed E-state index contributed by atoms with van der Waals surface area (Å²) in [6, 6.07) is 0. The average molecular weight is 621 g/mol. The van der Waals surface area contributed by atoms with Gasteiger partial charge in [0.15, 0.2) is 25.2 Å². The van der Waals surface area contributed by atoms with Crippen molar-refractivity contribution in [2.24, 2.45) is 0 Å². The minimum absolute atomic E-state index is 0.469. The molecule has 12 N–H and O–H groups in total. The van der Waals surface area contributed by atoms with E-state index in [1.807, 2.05) is 0 Å². The fraction of sp³-hybridized carbons (Fsp3) is 1.00. The summed E-state index contributed by atoms with van der Waals surface area (Å²) >= 11 is 0. The summed E-state index contributed by atoms with van der Waals surface area (Å²) in [7, 11) is 0. The molecule has 4 fully saturated rings. The monoisotopic (exact) mass is 620 g/mol. The van der Waals surface area contributed by atoms with Crippen molar-refractivity contribution in [2.45, 2.75) is 124 Å². The first kappa shape index (κ1) is 34.1. The average Bonchev–Trinajstić information content (AvgIpc) is 2.97. The standard InChI is InChI=1S/C23H40O19/c1-5-18(12(29)14(31)20(35)37-5)41-21-15(32)10(27)8(4-36-21)40-22-17(34)13(30)19(7(3-25)39-22)42-23-16(33)11(28)9(26)6(2-24)38-23/h5-35H,2-4H2,1H3/t5-,6+,7-,8+,9-,10-,11-,12-,13-,14+,15-,16-,17-,18-,19-,20-,21-,22+,23-/m0/s1. The van der Waals surface area contributed by atoms with Gasteiger partial charge in [-0.3, -0.25) is 0 Å². The first-order valence-corrected chi connectivity index (χ1v) is 13.4. The van der Waals surface area contributed by atoms with Gasteiger partial charge in [0.05, 0.1) is 25.9 Å². The van der Waals surface area contributed by atoms with E-state index in [4.69, 9.17) is 33.2 Å². The summed E-state index contributed by atoms with van der Waals surface area (Å²) < 4.78 is 37.8. The molecule has 246 valence electrons. The molecule has 4 rings (SSSR count). The third-order valence-corrected chi connectivity index (χ3v) is 7.79. The fourth-order valence-corrected chi connectivity index (χ4v) is 5.21. The Morgan fingerprint density at radius 2 is 1.05 bits per heavy atom. The van der Waals surface area contributed by atoms with Gasteiger partial charge >= 0.3 is 0 Å². The van der Waals surface area contributed by atoms with Gasteiger partial charge in [-0.1, -0.05) is 0 Å². The summed E-state index contributed by atoms with van der Waals surface area (Å²) in [5, 5.41) is 122. The molecule has 0 radical (unpaired) electrons. The molecular formula is C23H40O19. The van der Waals surface area contributed by atoms with Crippen LogP contribution in [-0.4, -0.2) is 198 Å². The largest absolute Gasteiger partial charge is 0.394 e. The Morgan fingerprint density at radius 1 is 0.524 bits per heavy atom. The van der Waals surface area contributed by atoms with Crippen LogP contribution in [-0.2, 0) is 33.2 Å². The van der Waals surface area contributed by atoms with Gasteiger partial charge in [-0.25, -0.2) is 0 Å². The molecule has 0 aliphatic carbocycles. The molecule has 4 saturated heterocycles. The smallest absolute Gasteiger partial charge is 0.187 e. The van der Waals surface area contributed by atoms with Crippen molar-refractivity contribution in [1.29, 1.82) is 0 Å². The van der Waals surface area contributed by atoms with Crippen molar-refractivity contribution < 1.29 is 94.4 Å². The quantitative estimate of drug-likeness (QED) is 0.120. The number of rotatable bonds is 8. The first-order valence-electron chi connectivity index (χ1n) is 13.4. The molecule has 19 heteroatoms. The minimum Gasteiger partial charge on any atom is -0.394 e. The van der Waals surface area contributed by atoms with Gasteiger partial charge in [0, 0.05) is 0 Å². The van der Waals surface area contributed by atoms with Crippen molar-refractivity contribution in [1.82, 2.24) is 0 Å². The van der Waals surface area contributed by atoms with Gasteiger partial charge in [-0.2, -0.15) is 0 Å². The molecule has 0 aromatic carbocycles. The summed E-state index contributed by atoms with van der Waals surface area (Å²) in [6.07, 6.45) is -30.5. The molecule has 0 unspecified atom stereocenters. The van der Waals surface area contributed by atoms with E-state index in [2.05, 4.69) is 0 Å². The Hall–Kier alpha value is -0.760. The number of aliphatic hydroxyl groups is 12. The molecule has 4 aliphatic heterocycles. The minimum atomic E-state index is -1.90. The van der Waals surface area contributed by atoms with Crippen LogP contribution >= 0.6 is 0 Å². The highest BCUT2D eigenvalue weighted by Crippen LogP contribution is 2.32. The Kier molecular flexibility index (Phi) is 11.5. The second-order valence-corrected chi connectivity index (χ2v) is 10.7. The van der Waals surface area contributed by atoms with Crippen LogP contribution in [0.2, 0.25) is 0 Å². The van der Waals surface area contributed by atoms with Gasteiger partial charge < -0.3 is 94.4 Å². The van der Waals surface area contributed by atoms with Gasteiger partial charge in [0.25, 0.3) is 0 Å². The molecule has 19 atom stereocenters. The van der Waals surface area contributed by atoms with Gasteiger partial charge in [-0.15, -0.1) is 0 Å². The first-order chi connectivity index (χ1) is 19.8. The summed E-state index contributed by atoms with van der Waals surface area (Å²) in [4.78, 5) is 0. The maximum Gasteiger partial charge on any atom is 0.187 e. The van der Waals surface area contributed by atoms with Crippen LogP contribution in [0.5, 0.6) is 0 Å². The second-order valence-electron chi connectivity index (χ2n) is 10.7. The number of hydrogen-bond donors (Lipinski definition) is 12. The third-order valence-electron chi connectivity index (χ3n) is 7.79. The lowest BCUT2D eigenvalue weighted by molar-refractivity contribution is -0.377. The molecular weight excluding hydrogens is 580 g/mol. The van der Waals surface area contributed by atoms with E-state index in [0.717, 1.165) is 0 Å². The number of ether oxygens (including phenoxy) is 7. The van der Waals surface area contributed by atoms with Crippen molar-refractivity contribution in [3.8, 4) is 0 Å². The van der Waals surface area contributed by atoms with Gasteiger partial charge in [0.2, 0.25) is 0 Å². The second kappa shape index (κ2) is 14.1. The predicted molar refractivity (Wildman–Crippen MR) is 126 cm³/mol. The zero-order chi connectivity index (χ0) is 31.0. The number of hydrogen-bond acceptors (Lipinski definition) is 19. The van der Waals surface area contributed by atoms with Gasteiger partial charge in [-0.05, 0) is 6.92 Å².